The third kappa shape index (κ3) is 3.47. The van der Waals surface area contributed by atoms with Crippen LogP contribution in [-0.2, 0) is 4.74 Å². The summed E-state index contributed by atoms with van der Waals surface area (Å²) in [5, 5.41) is 0.167. The summed E-state index contributed by atoms with van der Waals surface area (Å²) in [4.78, 5) is 0. The zero-order chi connectivity index (χ0) is 10.4. The smallest absolute Gasteiger partial charge is 0.0713 e. The maximum absolute atomic E-state index is 6.19. The minimum absolute atomic E-state index is 0.167. The van der Waals surface area contributed by atoms with Gasteiger partial charge in [-0.1, -0.05) is 31.6 Å². The van der Waals surface area contributed by atoms with Gasteiger partial charge in [-0.15, -0.1) is 11.6 Å². The van der Waals surface area contributed by atoms with Gasteiger partial charge in [0.1, 0.15) is 0 Å². The maximum atomic E-state index is 6.19. The molecule has 80 valence electrons. The molecule has 0 heterocycles. The molecule has 0 aliphatic heterocycles. The van der Waals surface area contributed by atoms with Crippen LogP contribution in [-0.4, -0.2) is 18.6 Å². The zero-order valence-electron chi connectivity index (χ0n) is 9.00. The number of halogens is 1. The van der Waals surface area contributed by atoms with E-state index in [1.165, 1.54) is 12.0 Å². The number of alkyl halides is 1. The molecule has 0 spiro atoms. The molecular weight excluding hydrogens is 196 g/mol. The Labute approximate surface area is 91.8 Å². The third-order valence-electron chi connectivity index (χ3n) is 2.43. The summed E-state index contributed by atoms with van der Waals surface area (Å²) < 4.78 is 5.37. The molecule has 1 nitrogen and oxygen atoms in total. The Morgan fingerprint density at radius 1 is 1.43 bits per heavy atom. The molecule has 0 amide bonds. The van der Waals surface area contributed by atoms with Crippen LogP contribution >= 0.6 is 11.6 Å². The second kappa shape index (κ2) is 6.26. The van der Waals surface area contributed by atoms with Crippen molar-refractivity contribution in [2.24, 2.45) is 5.92 Å². The summed E-state index contributed by atoms with van der Waals surface area (Å²) in [6.45, 7) is 5.70. The summed E-state index contributed by atoms with van der Waals surface area (Å²) in [5.41, 5.74) is 1.27. The summed E-state index contributed by atoms with van der Waals surface area (Å²) >= 11 is 6.19. The fourth-order valence-corrected chi connectivity index (χ4v) is 1.94. The molecule has 2 atom stereocenters. The summed E-state index contributed by atoms with van der Waals surface area (Å²) in [7, 11) is 0. The largest absolute Gasteiger partial charge is 0.377 e. The van der Waals surface area contributed by atoms with Gasteiger partial charge in [-0.2, -0.15) is 0 Å². The van der Waals surface area contributed by atoms with E-state index in [4.69, 9.17) is 16.3 Å². The molecule has 0 N–H and O–H groups in total. The van der Waals surface area contributed by atoms with E-state index in [2.05, 4.69) is 25.2 Å². The van der Waals surface area contributed by atoms with Crippen LogP contribution in [0.5, 0.6) is 0 Å². The van der Waals surface area contributed by atoms with E-state index < -0.39 is 0 Å². The van der Waals surface area contributed by atoms with Crippen LogP contribution in [0.15, 0.2) is 23.8 Å². The quantitative estimate of drug-likeness (QED) is 0.637. The first-order valence-electron chi connectivity index (χ1n) is 5.38. The highest BCUT2D eigenvalue weighted by molar-refractivity contribution is 6.22. The van der Waals surface area contributed by atoms with Gasteiger partial charge in [0.2, 0.25) is 0 Å². The fraction of sp³-hybridized carbons (Fsp3) is 0.667. The van der Waals surface area contributed by atoms with Gasteiger partial charge in [-0.25, -0.2) is 0 Å². The molecule has 2 heteroatoms. The molecular formula is C12H19ClO. The van der Waals surface area contributed by atoms with Crippen molar-refractivity contribution in [3.05, 3.63) is 23.8 Å². The molecule has 0 saturated carbocycles. The number of hydrogen-bond acceptors (Lipinski definition) is 1. The molecule has 14 heavy (non-hydrogen) atoms. The Balaban J connectivity index is 2.50. The molecule has 1 aliphatic rings. The summed E-state index contributed by atoms with van der Waals surface area (Å²) in [6.07, 6.45) is 8.76. The number of ether oxygens (including phenoxy) is 1. The van der Waals surface area contributed by atoms with Crippen molar-refractivity contribution in [1.82, 2.24) is 0 Å². The van der Waals surface area contributed by atoms with E-state index in [0.29, 0.717) is 5.92 Å². The Bertz CT molecular complexity index is 220. The normalized spacial score (nSPS) is 26.4. The average molecular weight is 215 g/mol. The lowest BCUT2D eigenvalue weighted by Gasteiger charge is -2.20. The van der Waals surface area contributed by atoms with Crippen molar-refractivity contribution in [2.45, 2.75) is 32.1 Å². The van der Waals surface area contributed by atoms with Crippen molar-refractivity contribution in [3.8, 4) is 0 Å². The van der Waals surface area contributed by atoms with Gasteiger partial charge in [-0.05, 0) is 24.8 Å². The van der Waals surface area contributed by atoms with Gasteiger partial charge in [0, 0.05) is 6.61 Å². The first-order chi connectivity index (χ1) is 6.77. The highest BCUT2D eigenvalue weighted by Crippen LogP contribution is 2.25. The second-order valence-corrected chi connectivity index (χ2v) is 4.14. The lowest BCUT2D eigenvalue weighted by Crippen LogP contribution is -2.15. The zero-order valence-corrected chi connectivity index (χ0v) is 9.76. The van der Waals surface area contributed by atoms with Gasteiger partial charge in [0.15, 0.2) is 0 Å². The maximum Gasteiger partial charge on any atom is 0.0713 e. The van der Waals surface area contributed by atoms with E-state index in [-0.39, 0.29) is 5.38 Å². The van der Waals surface area contributed by atoms with Crippen LogP contribution in [0.4, 0.5) is 0 Å². The fourth-order valence-electron chi connectivity index (χ4n) is 1.67. The van der Waals surface area contributed by atoms with Gasteiger partial charge >= 0.3 is 0 Å². The second-order valence-electron chi connectivity index (χ2n) is 3.63. The van der Waals surface area contributed by atoms with E-state index in [1.807, 2.05) is 6.92 Å². The van der Waals surface area contributed by atoms with Gasteiger partial charge < -0.3 is 4.74 Å². The Hall–Kier alpha value is -0.270. The van der Waals surface area contributed by atoms with E-state index >= 15 is 0 Å². The molecule has 0 aromatic rings. The Morgan fingerprint density at radius 2 is 2.21 bits per heavy atom. The molecule has 0 aromatic carbocycles. The van der Waals surface area contributed by atoms with Crippen LogP contribution in [0, 0.1) is 5.92 Å². The molecule has 2 unspecified atom stereocenters. The van der Waals surface area contributed by atoms with Gasteiger partial charge in [0.25, 0.3) is 0 Å². The van der Waals surface area contributed by atoms with Crippen LogP contribution in [0.1, 0.15) is 26.7 Å². The third-order valence-corrected chi connectivity index (χ3v) is 2.90. The lowest BCUT2D eigenvalue weighted by molar-refractivity contribution is 0.172. The highest BCUT2D eigenvalue weighted by atomic mass is 35.5. The first kappa shape index (κ1) is 11.8. The molecule has 0 saturated heterocycles. The van der Waals surface area contributed by atoms with Crippen molar-refractivity contribution in [2.75, 3.05) is 13.2 Å². The molecule has 1 aliphatic carbocycles. The minimum Gasteiger partial charge on any atom is -0.377 e. The van der Waals surface area contributed by atoms with E-state index in [0.717, 1.165) is 19.6 Å². The lowest BCUT2D eigenvalue weighted by atomic mass is 9.92. The molecule has 0 aromatic heterocycles. The number of allylic oxidation sites excluding steroid dienone is 2. The number of rotatable bonds is 5. The predicted octanol–water partition coefficient (Wildman–Crippen LogP) is 3.54. The Kier molecular flexibility index (Phi) is 5.28. The van der Waals surface area contributed by atoms with Crippen LogP contribution in [0.25, 0.3) is 0 Å². The number of hydrogen-bond donors (Lipinski definition) is 0. The molecule has 1 rings (SSSR count). The molecule has 0 radical (unpaired) electrons. The minimum atomic E-state index is 0.167. The van der Waals surface area contributed by atoms with Crippen molar-refractivity contribution >= 4 is 11.6 Å². The van der Waals surface area contributed by atoms with Crippen molar-refractivity contribution in [3.63, 3.8) is 0 Å². The summed E-state index contributed by atoms with van der Waals surface area (Å²) in [5.74, 6) is 0.488. The van der Waals surface area contributed by atoms with Crippen LogP contribution < -0.4 is 0 Å². The molecule has 0 fully saturated rings. The van der Waals surface area contributed by atoms with Crippen LogP contribution in [0.3, 0.4) is 0 Å². The van der Waals surface area contributed by atoms with Crippen molar-refractivity contribution < 1.29 is 4.74 Å². The van der Waals surface area contributed by atoms with E-state index in [9.17, 15) is 0 Å². The monoisotopic (exact) mass is 214 g/mol. The first-order valence-corrected chi connectivity index (χ1v) is 5.82. The van der Waals surface area contributed by atoms with Gasteiger partial charge in [-0.3, -0.25) is 0 Å². The topological polar surface area (TPSA) is 9.23 Å². The van der Waals surface area contributed by atoms with Crippen LogP contribution in [0.2, 0.25) is 0 Å². The van der Waals surface area contributed by atoms with Gasteiger partial charge in [0.05, 0.1) is 12.0 Å². The highest BCUT2D eigenvalue weighted by Gasteiger charge is 2.17. The van der Waals surface area contributed by atoms with Crippen molar-refractivity contribution in [1.29, 1.82) is 0 Å². The average Bonchev–Trinajstić information content (AvgIpc) is 2.19. The SMILES string of the molecule is CCCC1C=C(COCC)C=CC1Cl. The van der Waals surface area contributed by atoms with E-state index in [1.54, 1.807) is 0 Å². The summed E-state index contributed by atoms with van der Waals surface area (Å²) in [6, 6.07) is 0. The predicted molar refractivity (Wildman–Crippen MR) is 61.8 cm³/mol. The Morgan fingerprint density at radius 3 is 2.86 bits per heavy atom. The molecule has 0 bridgehead atoms. The standard InChI is InChI=1S/C12H19ClO/c1-3-5-11-8-10(9-14-4-2)6-7-12(11)13/h6-8,11-12H,3-5,9H2,1-2H3.